The van der Waals surface area contributed by atoms with Crippen molar-refractivity contribution in [2.75, 3.05) is 19.4 Å². The summed E-state index contributed by atoms with van der Waals surface area (Å²) in [7, 11) is -4.72. The van der Waals surface area contributed by atoms with Gasteiger partial charge in [-0.05, 0) is 19.1 Å². The van der Waals surface area contributed by atoms with E-state index in [1.165, 1.54) is 24.3 Å². The molecule has 0 amide bonds. The average Bonchev–Trinajstić information content (AvgIpc) is 2.35. The van der Waals surface area contributed by atoms with Gasteiger partial charge in [-0.1, -0.05) is 12.1 Å². The highest BCUT2D eigenvalue weighted by Gasteiger charge is 2.31. The van der Waals surface area contributed by atoms with Crippen LogP contribution in [0.3, 0.4) is 0 Å². The van der Waals surface area contributed by atoms with Crippen LogP contribution in [0.25, 0.3) is 0 Å². The molecule has 1 rings (SSSR count). The first kappa shape index (κ1) is 19.3. The van der Waals surface area contributed by atoms with Crippen LogP contribution in [0.4, 0.5) is 0 Å². The topological polar surface area (TPSA) is 144 Å². The molecule has 0 aliphatic heterocycles. The molecule has 0 spiro atoms. The largest absolute Gasteiger partial charge is 0.632 e. The minimum absolute atomic E-state index is 0.168. The van der Waals surface area contributed by atoms with Gasteiger partial charge in [0.2, 0.25) is 0 Å². The van der Waals surface area contributed by atoms with Crippen molar-refractivity contribution in [3.63, 3.8) is 0 Å². The molecule has 3 N–H and O–H groups in total. The zero-order valence-corrected chi connectivity index (χ0v) is 13.3. The molecule has 0 fully saturated rings. The highest BCUT2D eigenvalue weighted by atomic mass is 31.2. The van der Waals surface area contributed by atoms with Crippen LogP contribution in [-0.4, -0.2) is 50.9 Å². The van der Waals surface area contributed by atoms with Crippen molar-refractivity contribution in [3.05, 3.63) is 40.6 Å². The number of carboxylic acids is 1. The van der Waals surface area contributed by atoms with E-state index < -0.39 is 43.6 Å². The number of hydroxylamine groups is 3. The fraction of sp³-hybridized carbons (Fsp3) is 0.385. The van der Waals surface area contributed by atoms with Gasteiger partial charge >= 0.3 is 19.5 Å². The van der Waals surface area contributed by atoms with Gasteiger partial charge in [0.25, 0.3) is 0 Å². The Bertz CT molecular complexity index is 628. The number of rotatable bonds is 8. The lowest BCUT2D eigenvalue weighted by molar-refractivity contribution is -0.876. The van der Waals surface area contributed by atoms with Crippen LogP contribution in [0.2, 0.25) is 0 Å². The summed E-state index contributed by atoms with van der Waals surface area (Å²) in [6.07, 6.45) is -1.16. The molecule has 1 atom stereocenters. The lowest BCUT2D eigenvalue weighted by Gasteiger charge is -2.41. The van der Waals surface area contributed by atoms with Crippen LogP contribution in [-0.2, 0) is 20.6 Å². The first-order valence-corrected chi connectivity index (χ1v) is 8.44. The molecule has 10 heteroatoms. The second-order valence-electron chi connectivity index (χ2n) is 5.00. The standard InChI is InChI=1S/C13H18NO8P/c1-2-22-13(17)11-5-3-4-10(6-11)7-14(18,8-12(15)16)9-23(19,20)21/h3-6H,2,7-9H2,1H3,(H,15,16)(H2,19,20,21). The fourth-order valence-electron chi connectivity index (χ4n) is 2.08. The quantitative estimate of drug-likeness (QED) is 0.272. The molecule has 9 nitrogen and oxygen atoms in total. The normalized spacial score (nSPS) is 14.1. The summed E-state index contributed by atoms with van der Waals surface area (Å²) in [5.41, 5.74) is 0.447. The van der Waals surface area contributed by atoms with E-state index in [1.807, 2.05) is 0 Å². The molecule has 128 valence electrons. The van der Waals surface area contributed by atoms with E-state index in [9.17, 15) is 19.4 Å². The van der Waals surface area contributed by atoms with E-state index in [0.29, 0.717) is 0 Å². The van der Waals surface area contributed by atoms with Crippen molar-refractivity contribution < 1.29 is 38.4 Å². The first-order chi connectivity index (χ1) is 10.5. The summed E-state index contributed by atoms with van der Waals surface area (Å²) in [4.78, 5) is 40.4. The Kier molecular flexibility index (Phi) is 6.43. The number of aliphatic carboxylic acids is 1. The van der Waals surface area contributed by atoms with Crippen LogP contribution in [0.5, 0.6) is 0 Å². The van der Waals surface area contributed by atoms with Gasteiger partial charge in [0, 0.05) is 5.56 Å². The van der Waals surface area contributed by atoms with Gasteiger partial charge in [-0.25, -0.2) is 9.59 Å². The number of esters is 1. The maximum absolute atomic E-state index is 12.5. The van der Waals surface area contributed by atoms with Gasteiger partial charge in [0.05, 0.1) is 12.2 Å². The number of carbonyl (C=O) groups excluding carboxylic acids is 1. The maximum Gasteiger partial charge on any atom is 0.379 e. The SMILES string of the molecule is CCOC(=O)c1cccc(C[N+]([O-])(CC(=O)O)CP(=O)(O)O)c1. The molecular weight excluding hydrogens is 329 g/mol. The summed E-state index contributed by atoms with van der Waals surface area (Å²) in [5.74, 6) is -2.08. The number of ether oxygens (including phenoxy) is 1. The zero-order valence-electron chi connectivity index (χ0n) is 12.4. The number of carbonyl (C=O) groups is 2. The van der Waals surface area contributed by atoms with Crippen molar-refractivity contribution in [2.45, 2.75) is 13.5 Å². The number of benzene rings is 1. The first-order valence-electron chi connectivity index (χ1n) is 6.64. The zero-order chi connectivity index (χ0) is 17.7. The molecule has 1 unspecified atom stereocenters. The maximum atomic E-state index is 12.5. The molecular formula is C13H18NO8P. The molecule has 1 aromatic carbocycles. The number of carboxylic acid groups (broad SMARTS) is 1. The van der Waals surface area contributed by atoms with Crippen LogP contribution in [0.15, 0.2) is 24.3 Å². The summed E-state index contributed by atoms with van der Waals surface area (Å²) in [6, 6.07) is 5.74. The molecule has 0 saturated carbocycles. The summed E-state index contributed by atoms with van der Waals surface area (Å²) in [6.45, 7) is 0.301. The number of quaternary nitrogens is 1. The molecule has 0 heterocycles. The van der Waals surface area contributed by atoms with Crippen molar-refractivity contribution in [1.29, 1.82) is 0 Å². The molecule has 0 radical (unpaired) electrons. The minimum atomic E-state index is -4.72. The van der Waals surface area contributed by atoms with Gasteiger partial charge in [-0.15, -0.1) is 0 Å². The predicted molar refractivity (Wildman–Crippen MR) is 79.1 cm³/mol. The Morgan fingerprint density at radius 2 is 2.00 bits per heavy atom. The second-order valence-corrected chi connectivity index (χ2v) is 6.61. The van der Waals surface area contributed by atoms with Gasteiger partial charge in [0.1, 0.15) is 6.54 Å². The highest BCUT2D eigenvalue weighted by Crippen LogP contribution is 2.38. The van der Waals surface area contributed by atoms with Crippen LogP contribution in [0.1, 0.15) is 22.8 Å². The lowest BCUT2D eigenvalue weighted by Crippen LogP contribution is -2.45. The van der Waals surface area contributed by atoms with E-state index in [-0.39, 0.29) is 17.7 Å². The van der Waals surface area contributed by atoms with Crippen LogP contribution < -0.4 is 0 Å². The number of hydrogen-bond acceptors (Lipinski definition) is 5. The van der Waals surface area contributed by atoms with Gasteiger partial charge in [0.15, 0.2) is 12.8 Å². The third-order valence-electron chi connectivity index (χ3n) is 2.77. The van der Waals surface area contributed by atoms with E-state index in [4.69, 9.17) is 19.6 Å². The summed E-state index contributed by atoms with van der Waals surface area (Å²) in [5, 5.41) is 21.2. The van der Waals surface area contributed by atoms with Crippen molar-refractivity contribution in [2.24, 2.45) is 0 Å². The average molecular weight is 347 g/mol. The Morgan fingerprint density at radius 3 is 2.52 bits per heavy atom. The van der Waals surface area contributed by atoms with E-state index >= 15 is 0 Å². The number of nitrogens with zero attached hydrogens (tertiary/aromatic N) is 1. The second kappa shape index (κ2) is 7.67. The number of hydrogen-bond donors (Lipinski definition) is 3. The fourth-order valence-corrected chi connectivity index (χ4v) is 2.95. The van der Waals surface area contributed by atoms with Gasteiger partial charge < -0.3 is 29.5 Å². The lowest BCUT2D eigenvalue weighted by atomic mass is 10.1. The molecule has 0 bridgehead atoms. The van der Waals surface area contributed by atoms with Crippen molar-refractivity contribution >= 4 is 19.5 Å². The Morgan fingerprint density at radius 1 is 1.35 bits per heavy atom. The molecule has 0 aromatic heterocycles. The van der Waals surface area contributed by atoms with E-state index in [1.54, 1.807) is 6.92 Å². The molecule has 0 aliphatic rings. The van der Waals surface area contributed by atoms with Crippen LogP contribution >= 0.6 is 7.60 Å². The van der Waals surface area contributed by atoms with E-state index in [0.717, 1.165) is 0 Å². The summed E-state index contributed by atoms with van der Waals surface area (Å²) < 4.78 is 14.3. The molecule has 0 saturated heterocycles. The Hall–Kier alpha value is -1.77. The molecule has 1 aromatic rings. The summed E-state index contributed by atoms with van der Waals surface area (Å²) >= 11 is 0. The smallest absolute Gasteiger partial charge is 0.379 e. The Labute approximate surface area is 132 Å². The minimum Gasteiger partial charge on any atom is -0.632 e. The monoisotopic (exact) mass is 347 g/mol. The van der Waals surface area contributed by atoms with Crippen molar-refractivity contribution in [3.8, 4) is 0 Å². The van der Waals surface area contributed by atoms with Crippen molar-refractivity contribution in [1.82, 2.24) is 0 Å². The molecule has 0 aliphatic carbocycles. The Balaban J connectivity index is 3.04. The van der Waals surface area contributed by atoms with E-state index in [2.05, 4.69) is 0 Å². The van der Waals surface area contributed by atoms with Crippen LogP contribution in [0, 0.1) is 5.21 Å². The third-order valence-corrected chi connectivity index (χ3v) is 3.66. The van der Waals surface area contributed by atoms with Gasteiger partial charge in [-0.2, -0.15) is 0 Å². The predicted octanol–water partition coefficient (Wildman–Crippen LogP) is 0.898. The molecule has 23 heavy (non-hydrogen) atoms. The highest BCUT2D eigenvalue weighted by molar-refractivity contribution is 7.51. The third kappa shape index (κ3) is 6.89. The van der Waals surface area contributed by atoms with Gasteiger partial charge in [-0.3, -0.25) is 4.57 Å².